The molecule has 1 aromatic carbocycles. The molecular weight excluding hydrogens is 228 g/mol. The van der Waals surface area contributed by atoms with Gasteiger partial charge in [-0.05, 0) is 36.5 Å². The molecule has 0 amide bonds. The van der Waals surface area contributed by atoms with Crippen molar-refractivity contribution in [3.05, 3.63) is 23.8 Å². The third-order valence-electron chi connectivity index (χ3n) is 3.88. The lowest BCUT2D eigenvalue weighted by Gasteiger charge is -2.28. The van der Waals surface area contributed by atoms with E-state index in [-0.39, 0.29) is 11.0 Å². The molecule has 0 radical (unpaired) electrons. The van der Waals surface area contributed by atoms with Crippen molar-refractivity contribution in [2.45, 2.75) is 39.2 Å². The van der Waals surface area contributed by atoms with E-state index in [0.717, 1.165) is 12.1 Å². The van der Waals surface area contributed by atoms with Crippen molar-refractivity contribution < 1.29 is 9.90 Å². The quantitative estimate of drug-likeness (QED) is 0.719. The maximum Gasteiger partial charge on any atom is 0.337 e. The van der Waals surface area contributed by atoms with E-state index in [1.807, 2.05) is 0 Å². The maximum atomic E-state index is 10.9. The van der Waals surface area contributed by atoms with E-state index >= 15 is 0 Å². The van der Waals surface area contributed by atoms with Gasteiger partial charge in [0.25, 0.3) is 0 Å². The summed E-state index contributed by atoms with van der Waals surface area (Å²) >= 11 is 0. The molecule has 1 saturated carbocycles. The molecule has 0 spiro atoms. The smallest absolute Gasteiger partial charge is 0.337 e. The first-order valence-corrected chi connectivity index (χ1v) is 6.29. The summed E-state index contributed by atoms with van der Waals surface area (Å²) in [7, 11) is 0. The van der Waals surface area contributed by atoms with E-state index in [1.54, 1.807) is 18.2 Å². The number of nitrogens with one attached hydrogen (secondary N) is 1. The fourth-order valence-electron chi connectivity index (χ4n) is 2.64. The molecule has 0 aromatic heterocycles. The van der Waals surface area contributed by atoms with Crippen LogP contribution in [-0.2, 0) is 0 Å². The molecule has 1 aliphatic rings. The number of nitrogen functional groups attached to an aromatic ring is 1. The van der Waals surface area contributed by atoms with Crippen LogP contribution in [0.3, 0.4) is 0 Å². The molecule has 1 aromatic rings. The van der Waals surface area contributed by atoms with Gasteiger partial charge < -0.3 is 16.2 Å². The molecule has 18 heavy (non-hydrogen) atoms. The third-order valence-corrected chi connectivity index (χ3v) is 3.88. The van der Waals surface area contributed by atoms with Crippen LogP contribution in [0.25, 0.3) is 0 Å². The van der Waals surface area contributed by atoms with Crippen LogP contribution in [0.5, 0.6) is 0 Å². The summed E-state index contributed by atoms with van der Waals surface area (Å²) in [5.41, 5.74) is 7.39. The Kier molecular flexibility index (Phi) is 3.20. The zero-order valence-corrected chi connectivity index (χ0v) is 10.9. The summed E-state index contributed by atoms with van der Waals surface area (Å²) < 4.78 is 0. The molecule has 1 atom stereocenters. The van der Waals surface area contributed by atoms with Gasteiger partial charge in [-0.1, -0.05) is 20.3 Å². The molecular formula is C14H20N2O2. The van der Waals surface area contributed by atoms with E-state index in [9.17, 15) is 4.79 Å². The fourth-order valence-corrected chi connectivity index (χ4v) is 2.64. The summed E-state index contributed by atoms with van der Waals surface area (Å²) in [6.07, 6.45) is 3.59. The molecule has 4 heteroatoms. The van der Waals surface area contributed by atoms with Gasteiger partial charge in [-0.25, -0.2) is 4.79 Å². The van der Waals surface area contributed by atoms with Gasteiger partial charge in [0.05, 0.1) is 5.56 Å². The average molecular weight is 248 g/mol. The van der Waals surface area contributed by atoms with Gasteiger partial charge in [-0.2, -0.15) is 0 Å². The number of hydrogen-bond acceptors (Lipinski definition) is 3. The first kappa shape index (κ1) is 12.7. The maximum absolute atomic E-state index is 10.9. The highest BCUT2D eigenvalue weighted by Crippen LogP contribution is 2.39. The number of aromatic carboxylic acids is 1. The van der Waals surface area contributed by atoms with Crippen molar-refractivity contribution in [2.24, 2.45) is 5.41 Å². The Bertz CT molecular complexity index is 469. The van der Waals surface area contributed by atoms with E-state index in [1.165, 1.54) is 12.8 Å². The highest BCUT2D eigenvalue weighted by Gasteiger charge is 2.34. The van der Waals surface area contributed by atoms with Crippen molar-refractivity contribution in [1.29, 1.82) is 0 Å². The number of rotatable bonds is 3. The number of anilines is 2. The van der Waals surface area contributed by atoms with Gasteiger partial charge >= 0.3 is 5.97 Å². The zero-order chi connectivity index (χ0) is 13.3. The highest BCUT2D eigenvalue weighted by atomic mass is 16.4. The van der Waals surface area contributed by atoms with E-state index in [4.69, 9.17) is 10.8 Å². The van der Waals surface area contributed by atoms with Crippen LogP contribution in [0.2, 0.25) is 0 Å². The molecule has 98 valence electrons. The summed E-state index contributed by atoms with van der Waals surface area (Å²) in [4.78, 5) is 10.9. The molecule has 1 aliphatic carbocycles. The van der Waals surface area contributed by atoms with E-state index in [0.29, 0.717) is 11.7 Å². The Morgan fingerprint density at radius 3 is 2.72 bits per heavy atom. The van der Waals surface area contributed by atoms with Crippen LogP contribution in [0, 0.1) is 5.41 Å². The molecule has 4 N–H and O–H groups in total. The predicted molar refractivity (Wildman–Crippen MR) is 72.9 cm³/mol. The number of benzene rings is 1. The van der Waals surface area contributed by atoms with Crippen molar-refractivity contribution in [1.82, 2.24) is 0 Å². The fraction of sp³-hybridized carbons (Fsp3) is 0.500. The van der Waals surface area contributed by atoms with Crippen LogP contribution >= 0.6 is 0 Å². The number of carboxylic acid groups (broad SMARTS) is 1. The minimum Gasteiger partial charge on any atom is -0.478 e. The third kappa shape index (κ3) is 2.42. The molecule has 2 rings (SSSR count). The van der Waals surface area contributed by atoms with Gasteiger partial charge in [-0.3, -0.25) is 0 Å². The predicted octanol–water partition coefficient (Wildman–Crippen LogP) is 2.96. The molecule has 0 aliphatic heterocycles. The lowest BCUT2D eigenvalue weighted by atomic mass is 9.87. The van der Waals surface area contributed by atoms with Crippen LogP contribution in [0.4, 0.5) is 11.4 Å². The lowest BCUT2D eigenvalue weighted by molar-refractivity contribution is 0.0698. The summed E-state index contributed by atoms with van der Waals surface area (Å²) in [5.74, 6) is -0.986. The molecule has 1 fully saturated rings. The molecule has 4 nitrogen and oxygen atoms in total. The number of nitrogens with two attached hydrogens (primary N) is 1. The van der Waals surface area contributed by atoms with E-state index in [2.05, 4.69) is 19.2 Å². The number of carbonyl (C=O) groups is 1. The second kappa shape index (κ2) is 4.52. The standard InChI is InChI=1S/C14H20N2O2/c1-14(2)7-3-4-12(14)16-9-5-6-10(13(17)18)11(15)8-9/h5-6,8,12,16H,3-4,7,15H2,1-2H3,(H,17,18). The Morgan fingerprint density at radius 1 is 1.50 bits per heavy atom. The zero-order valence-electron chi connectivity index (χ0n) is 10.9. The topological polar surface area (TPSA) is 75.3 Å². The Morgan fingerprint density at radius 2 is 2.22 bits per heavy atom. The summed E-state index contributed by atoms with van der Waals surface area (Å²) in [6.45, 7) is 4.51. The minimum absolute atomic E-state index is 0.159. The van der Waals surface area contributed by atoms with Crippen LogP contribution in [0.1, 0.15) is 43.5 Å². The van der Waals surface area contributed by atoms with Gasteiger partial charge in [0.2, 0.25) is 0 Å². The SMILES string of the molecule is CC1(C)CCCC1Nc1ccc(C(=O)O)c(N)c1. The normalized spacial score (nSPS) is 21.8. The second-order valence-electron chi connectivity index (χ2n) is 5.68. The van der Waals surface area contributed by atoms with Gasteiger partial charge in [-0.15, -0.1) is 0 Å². The summed E-state index contributed by atoms with van der Waals surface area (Å²) in [5, 5.41) is 12.4. The Labute approximate surface area is 107 Å². The van der Waals surface area contributed by atoms with Crippen molar-refractivity contribution in [3.63, 3.8) is 0 Å². The van der Waals surface area contributed by atoms with Crippen molar-refractivity contribution in [3.8, 4) is 0 Å². The van der Waals surface area contributed by atoms with Gasteiger partial charge in [0.15, 0.2) is 0 Å². The van der Waals surface area contributed by atoms with E-state index < -0.39 is 5.97 Å². The van der Waals surface area contributed by atoms with Crippen LogP contribution < -0.4 is 11.1 Å². The average Bonchev–Trinajstić information content (AvgIpc) is 2.58. The molecule has 0 heterocycles. The first-order chi connectivity index (χ1) is 8.40. The Hall–Kier alpha value is -1.71. The molecule has 0 saturated heterocycles. The second-order valence-corrected chi connectivity index (χ2v) is 5.68. The van der Waals surface area contributed by atoms with Crippen LogP contribution in [0.15, 0.2) is 18.2 Å². The van der Waals surface area contributed by atoms with Gasteiger partial charge in [0, 0.05) is 17.4 Å². The molecule has 0 bridgehead atoms. The first-order valence-electron chi connectivity index (χ1n) is 6.29. The number of carboxylic acids is 1. The Balaban J connectivity index is 2.16. The van der Waals surface area contributed by atoms with Crippen molar-refractivity contribution >= 4 is 17.3 Å². The highest BCUT2D eigenvalue weighted by molar-refractivity contribution is 5.94. The van der Waals surface area contributed by atoms with Crippen molar-refractivity contribution in [2.75, 3.05) is 11.1 Å². The van der Waals surface area contributed by atoms with Crippen LogP contribution in [-0.4, -0.2) is 17.1 Å². The minimum atomic E-state index is -0.986. The largest absolute Gasteiger partial charge is 0.478 e. The molecule has 1 unspecified atom stereocenters. The monoisotopic (exact) mass is 248 g/mol. The lowest BCUT2D eigenvalue weighted by Crippen LogP contribution is -2.30. The number of hydrogen-bond donors (Lipinski definition) is 3. The summed E-state index contributed by atoms with van der Waals surface area (Å²) in [6, 6.07) is 5.47. The van der Waals surface area contributed by atoms with Gasteiger partial charge in [0.1, 0.15) is 0 Å².